The number of carbonyl (C=O) groups is 1. The summed E-state index contributed by atoms with van der Waals surface area (Å²) in [5.74, 6) is -0.423. The van der Waals surface area contributed by atoms with Gasteiger partial charge in [-0.3, -0.25) is 4.79 Å². The first kappa shape index (κ1) is 24.6. The fourth-order valence-electron chi connectivity index (χ4n) is 1.95. The quantitative estimate of drug-likeness (QED) is 0.209. The Morgan fingerprint density at radius 2 is 1.45 bits per heavy atom. The van der Waals surface area contributed by atoms with E-state index in [1.807, 2.05) is 0 Å². The smallest absolute Gasteiger partial charge is 0.748 e. The van der Waals surface area contributed by atoms with Crippen molar-refractivity contribution in [3.05, 3.63) is 0 Å². The van der Waals surface area contributed by atoms with Crippen LogP contribution in [0, 0.1) is 0 Å². The van der Waals surface area contributed by atoms with Crippen LogP contribution in [0.3, 0.4) is 0 Å². The number of carbonyl (C=O) groups excluding carboxylic acids is 1. The first-order chi connectivity index (χ1) is 9.88. The third-order valence-electron chi connectivity index (χ3n) is 3.46. The molecule has 0 aromatic rings. The largest absolute Gasteiger partial charge is 1.00 e. The number of esters is 1. The topological polar surface area (TPSA) is 83.5 Å². The summed E-state index contributed by atoms with van der Waals surface area (Å²) in [4.78, 5) is 11.4. The van der Waals surface area contributed by atoms with E-state index in [2.05, 4.69) is 6.92 Å². The van der Waals surface area contributed by atoms with E-state index in [1.54, 1.807) is 0 Å². The Labute approximate surface area is 157 Å². The summed E-state index contributed by atoms with van der Waals surface area (Å²) in [6, 6.07) is 0. The Balaban J connectivity index is 0. The van der Waals surface area contributed by atoms with Crippen molar-refractivity contribution in [3.8, 4) is 0 Å². The fourth-order valence-corrected chi connectivity index (χ4v) is 2.18. The van der Waals surface area contributed by atoms with Gasteiger partial charge in [0.1, 0.15) is 16.7 Å². The number of hydrogen-bond acceptors (Lipinski definition) is 5. The average molecular weight is 344 g/mol. The summed E-state index contributed by atoms with van der Waals surface area (Å²) < 4.78 is 36.7. The van der Waals surface area contributed by atoms with Gasteiger partial charge in [0.25, 0.3) is 0 Å². The second-order valence-electron chi connectivity index (χ2n) is 5.56. The van der Waals surface area contributed by atoms with E-state index in [0.29, 0.717) is 6.42 Å². The Morgan fingerprint density at radius 1 is 1.00 bits per heavy atom. The van der Waals surface area contributed by atoms with Gasteiger partial charge in [-0.15, -0.1) is 0 Å². The molecule has 0 aliphatic carbocycles. The molecule has 0 aliphatic heterocycles. The zero-order valence-corrected chi connectivity index (χ0v) is 17.1. The van der Waals surface area contributed by atoms with Crippen molar-refractivity contribution < 1.29 is 52.1 Å². The second kappa shape index (κ2) is 14.9. The third-order valence-corrected chi connectivity index (χ3v) is 4.58. The summed E-state index contributed by atoms with van der Waals surface area (Å²) in [6.45, 7) is 3.10. The zero-order chi connectivity index (χ0) is 16.1. The van der Waals surface area contributed by atoms with Crippen molar-refractivity contribution in [2.45, 2.75) is 83.3 Å². The molecule has 0 heterocycles. The Hall–Kier alpha value is 0.380. The summed E-state index contributed by atoms with van der Waals surface area (Å²) >= 11 is 0. The van der Waals surface area contributed by atoms with Crippen LogP contribution in [0.2, 0.25) is 0 Å². The molecule has 22 heavy (non-hydrogen) atoms. The predicted octanol–water partition coefficient (Wildman–Crippen LogP) is 0.388. The summed E-state index contributed by atoms with van der Waals surface area (Å²) in [7, 11) is -4.37. The van der Waals surface area contributed by atoms with Crippen molar-refractivity contribution in [2.24, 2.45) is 0 Å². The number of unbranched alkanes of at least 4 members (excludes halogenated alkanes) is 8. The van der Waals surface area contributed by atoms with E-state index in [9.17, 15) is 17.8 Å². The molecule has 0 saturated heterocycles. The van der Waals surface area contributed by atoms with Gasteiger partial charge in [0, 0.05) is 6.42 Å². The normalized spacial score (nSPS) is 12.5. The SMILES string of the molecule is CCCCCCCCCCCC(=O)OCC(C)S(=O)(=O)[O-].[Na+]. The monoisotopic (exact) mass is 344 g/mol. The molecular weight excluding hydrogens is 315 g/mol. The van der Waals surface area contributed by atoms with Gasteiger partial charge in [0.2, 0.25) is 0 Å². The average Bonchev–Trinajstić information content (AvgIpc) is 2.41. The van der Waals surface area contributed by atoms with Crippen molar-refractivity contribution in [1.29, 1.82) is 0 Å². The molecule has 0 bridgehead atoms. The van der Waals surface area contributed by atoms with Crippen molar-refractivity contribution in [3.63, 3.8) is 0 Å². The maximum absolute atomic E-state index is 11.4. The van der Waals surface area contributed by atoms with Gasteiger partial charge in [-0.2, -0.15) is 0 Å². The molecule has 0 N–H and O–H groups in total. The molecule has 126 valence electrons. The molecule has 0 spiro atoms. The molecule has 0 amide bonds. The fraction of sp³-hybridized carbons (Fsp3) is 0.933. The van der Waals surface area contributed by atoms with Crippen molar-refractivity contribution in [2.75, 3.05) is 6.61 Å². The van der Waals surface area contributed by atoms with Crippen LogP contribution in [-0.2, 0) is 19.6 Å². The molecule has 0 radical (unpaired) electrons. The minimum atomic E-state index is -4.37. The summed E-state index contributed by atoms with van der Waals surface area (Å²) in [5, 5.41) is -1.18. The Bertz CT molecular complexity index is 370. The molecule has 0 saturated carbocycles. The van der Waals surface area contributed by atoms with Crippen LogP contribution < -0.4 is 29.6 Å². The number of rotatable bonds is 13. The molecular formula is C15H29NaO5S. The third kappa shape index (κ3) is 15.3. The van der Waals surface area contributed by atoms with E-state index in [1.165, 1.54) is 45.4 Å². The standard InChI is InChI=1S/C15H30O5S.Na/c1-3-4-5-6-7-8-9-10-11-12-15(16)20-13-14(2)21(17,18)19;/h14H,3-13H2,1-2H3,(H,17,18,19);/q;+1/p-1. The molecule has 0 fully saturated rings. The van der Waals surface area contributed by atoms with Crippen LogP contribution in [0.4, 0.5) is 0 Å². The molecule has 0 aliphatic rings. The van der Waals surface area contributed by atoms with E-state index in [-0.39, 0.29) is 36.2 Å². The number of hydrogen-bond donors (Lipinski definition) is 0. The van der Waals surface area contributed by atoms with E-state index in [4.69, 9.17) is 4.74 Å². The van der Waals surface area contributed by atoms with E-state index in [0.717, 1.165) is 19.3 Å². The zero-order valence-electron chi connectivity index (χ0n) is 14.3. The molecule has 0 aromatic carbocycles. The first-order valence-electron chi connectivity index (χ1n) is 7.98. The Kier molecular flexibility index (Phi) is 16.7. The van der Waals surface area contributed by atoms with Gasteiger partial charge < -0.3 is 9.29 Å². The molecule has 1 unspecified atom stereocenters. The van der Waals surface area contributed by atoms with Gasteiger partial charge in [0.15, 0.2) is 0 Å². The predicted molar refractivity (Wildman–Crippen MR) is 82.0 cm³/mol. The molecule has 5 nitrogen and oxygen atoms in total. The first-order valence-corrected chi connectivity index (χ1v) is 9.45. The Morgan fingerprint density at radius 3 is 1.91 bits per heavy atom. The van der Waals surface area contributed by atoms with Crippen LogP contribution in [0.5, 0.6) is 0 Å². The molecule has 1 atom stereocenters. The van der Waals surface area contributed by atoms with Gasteiger partial charge in [-0.05, 0) is 13.3 Å². The van der Waals surface area contributed by atoms with Gasteiger partial charge in [-0.1, -0.05) is 58.3 Å². The van der Waals surface area contributed by atoms with Crippen LogP contribution in [0.1, 0.15) is 78.1 Å². The van der Waals surface area contributed by atoms with Gasteiger partial charge in [-0.25, -0.2) is 8.42 Å². The maximum Gasteiger partial charge on any atom is 1.00 e. The van der Waals surface area contributed by atoms with E-state index >= 15 is 0 Å². The minimum absolute atomic E-state index is 0. The van der Waals surface area contributed by atoms with Gasteiger partial charge >= 0.3 is 35.5 Å². The van der Waals surface area contributed by atoms with Crippen molar-refractivity contribution in [1.82, 2.24) is 0 Å². The van der Waals surface area contributed by atoms with Gasteiger partial charge in [0.05, 0.1) is 5.25 Å². The van der Waals surface area contributed by atoms with Crippen LogP contribution in [-0.4, -0.2) is 30.8 Å². The van der Waals surface area contributed by atoms with Crippen LogP contribution in [0.15, 0.2) is 0 Å². The van der Waals surface area contributed by atoms with Crippen LogP contribution >= 0.6 is 0 Å². The van der Waals surface area contributed by atoms with Crippen LogP contribution in [0.25, 0.3) is 0 Å². The van der Waals surface area contributed by atoms with Crippen molar-refractivity contribution >= 4 is 16.1 Å². The summed E-state index contributed by atoms with van der Waals surface area (Å²) in [5.41, 5.74) is 0. The van der Waals surface area contributed by atoms with E-state index < -0.39 is 21.3 Å². The summed E-state index contributed by atoms with van der Waals surface area (Å²) in [6.07, 6.45) is 10.8. The molecule has 0 aromatic heterocycles. The maximum atomic E-state index is 11.4. The number of ether oxygens (including phenoxy) is 1. The molecule has 7 heteroatoms. The molecule has 0 rings (SSSR count). The second-order valence-corrected chi connectivity index (χ2v) is 7.36. The minimum Gasteiger partial charge on any atom is -0.748 e.